The van der Waals surface area contributed by atoms with Crippen molar-refractivity contribution in [3.63, 3.8) is 0 Å². The molecule has 0 heterocycles. The molecule has 0 aliphatic heterocycles. The third-order valence-corrected chi connectivity index (χ3v) is 3.81. The van der Waals surface area contributed by atoms with Crippen molar-refractivity contribution in [3.05, 3.63) is 0 Å². The molecule has 1 atom stereocenters. The zero-order chi connectivity index (χ0) is 12.8. The minimum absolute atomic E-state index is 0.117. The van der Waals surface area contributed by atoms with E-state index in [-0.39, 0.29) is 23.3 Å². The van der Waals surface area contributed by atoms with Crippen LogP contribution < -0.4 is 0 Å². The minimum atomic E-state index is -0.456. The summed E-state index contributed by atoms with van der Waals surface area (Å²) in [6.45, 7) is 5.58. The van der Waals surface area contributed by atoms with Crippen molar-refractivity contribution in [1.82, 2.24) is 0 Å². The van der Waals surface area contributed by atoms with E-state index in [4.69, 9.17) is 9.47 Å². The number of methoxy groups -OCH3 is 1. The highest BCUT2D eigenvalue weighted by Crippen LogP contribution is 2.62. The van der Waals surface area contributed by atoms with Crippen LogP contribution in [-0.2, 0) is 19.1 Å². The molecule has 0 amide bonds. The molecule has 4 heteroatoms. The summed E-state index contributed by atoms with van der Waals surface area (Å²) in [4.78, 5) is 23.6. The van der Waals surface area contributed by atoms with Gasteiger partial charge < -0.3 is 9.47 Å². The molecule has 3 saturated carbocycles. The van der Waals surface area contributed by atoms with E-state index < -0.39 is 5.60 Å². The van der Waals surface area contributed by atoms with Crippen LogP contribution in [0.2, 0.25) is 0 Å². The maximum Gasteiger partial charge on any atom is 0.311 e. The first-order valence-electron chi connectivity index (χ1n) is 6.09. The molecule has 0 aromatic carbocycles. The fourth-order valence-electron chi connectivity index (χ4n) is 3.10. The van der Waals surface area contributed by atoms with Crippen molar-refractivity contribution in [2.45, 2.75) is 45.6 Å². The molecule has 0 radical (unpaired) electrons. The number of ether oxygens (including phenoxy) is 2. The molecular weight excluding hydrogens is 220 g/mol. The summed E-state index contributed by atoms with van der Waals surface area (Å²) in [5.41, 5.74) is -0.844. The van der Waals surface area contributed by atoms with Crippen molar-refractivity contribution in [2.75, 3.05) is 7.11 Å². The molecule has 4 nitrogen and oxygen atoms in total. The third-order valence-electron chi connectivity index (χ3n) is 3.81. The molecule has 2 bridgehead atoms. The zero-order valence-corrected chi connectivity index (χ0v) is 10.9. The van der Waals surface area contributed by atoms with Crippen LogP contribution in [0.1, 0.15) is 40.0 Å². The molecule has 0 N–H and O–H groups in total. The smallest absolute Gasteiger partial charge is 0.311 e. The number of hydrogen-bond acceptors (Lipinski definition) is 4. The van der Waals surface area contributed by atoms with Gasteiger partial charge in [-0.25, -0.2) is 0 Å². The summed E-state index contributed by atoms with van der Waals surface area (Å²) in [7, 11) is 1.41. The summed E-state index contributed by atoms with van der Waals surface area (Å²) in [5, 5.41) is 0. The lowest BCUT2D eigenvalue weighted by molar-refractivity contribution is -0.161. The van der Waals surface area contributed by atoms with Gasteiger partial charge in [-0.05, 0) is 46.0 Å². The fourth-order valence-corrected chi connectivity index (χ4v) is 3.10. The van der Waals surface area contributed by atoms with Crippen molar-refractivity contribution >= 4 is 11.9 Å². The lowest BCUT2D eigenvalue weighted by Gasteiger charge is -2.35. The molecule has 3 aliphatic carbocycles. The van der Waals surface area contributed by atoms with Crippen LogP contribution in [0.3, 0.4) is 0 Å². The highest BCUT2D eigenvalue weighted by molar-refractivity contribution is 5.83. The van der Waals surface area contributed by atoms with Crippen LogP contribution in [0.4, 0.5) is 0 Å². The van der Waals surface area contributed by atoms with E-state index in [1.54, 1.807) is 0 Å². The predicted molar refractivity (Wildman–Crippen MR) is 61.1 cm³/mol. The summed E-state index contributed by atoms with van der Waals surface area (Å²) < 4.78 is 10.2. The maximum absolute atomic E-state index is 12.0. The first-order chi connectivity index (χ1) is 7.77. The fraction of sp³-hybridized carbons (Fsp3) is 0.846. The molecule has 0 aromatic rings. The van der Waals surface area contributed by atoms with Gasteiger partial charge in [-0.2, -0.15) is 0 Å². The topological polar surface area (TPSA) is 52.6 Å². The number of esters is 2. The Bertz CT molecular complexity index is 347. The van der Waals surface area contributed by atoms with E-state index in [1.165, 1.54) is 7.11 Å². The molecule has 0 aromatic heterocycles. The largest absolute Gasteiger partial charge is 0.469 e. The summed E-state index contributed by atoms with van der Waals surface area (Å²) >= 11 is 0. The highest BCUT2D eigenvalue weighted by Gasteiger charge is 2.63. The lowest BCUT2D eigenvalue weighted by Crippen LogP contribution is -2.37. The molecule has 0 saturated heterocycles. The molecule has 96 valence electrons. The number of hydrogen-bond donors (Lipinski definition) is 0. The van der Waals surface area contributed by atoms with Gasteiger partial charge in [-0.1, -0.05) is 0 Å². The van der Waals surface area contributed by atoms with Crippen LogP contribution in [-0.4, -0.2) is 24.6 Å². The second kappa shape index (κ2) is 3.72. The number of rotatable bonds is 2. The number of fused-ring (bicyclic) bond motifs is 1. The molecule has 3 fully saturated rings. The van der Waals surface area contributed by atoms with Crippen molar-refractivity contribution < 1.29 is 19.1 Å². The van der Waals surface area contributed by atoms with Gasteiger partial charge in [0.1, 0.15) is 5.60 Å². The normalized spacial score (nSPS) is 35.1. The van der Waals surface area contributed by atoms with E-state index in [1.807, 2.05) is 20.8 Å². The van der Waals surface area contributed by atoms with Gasteiger partial charge >= 0.3 is 11.9 Å². The average Bonchev–Trinajstić information content (AvgIpc) is 2.68. The van der Waals surface area contributed by atoms with Gasteiger partial charge in [0.2, 0.25) is 0 Å². The highest BCUT2D eigenvalue weighted by atomic mass is 16.6. The zero-order valence-electron chi connectivity index (χ0n) is 10.9. The summed E-state index contributed by atoms with van der Waals surface area (Å²) in [6, 6.07) is 0. The molecule has 0 spiro atoms. The maximum atomic E-state index is 12.0. The molecule has 0 unspecified atom stereocenters. The Labute approximate surface area is 102 Å². The Morgan fingerprint density at radius 1 is 1.18 bits per heavy atom. The van der Waals surface area contributed by atoms with E-state index in [9.17, 15) is 9.59 Å². The van der Waals surface area contributed by atoms with Crippen LogP contribution in [0.5, 0.6) is 0 Å². The molecular formula is C13H20O4. The summed E-state index contributed by atoms with van der Waals surface area (Å²) in [5.74, 6) is -0.136. The van der Waals surface area contributed by atoms with Crippen LogP contribution in [0.25, 0.3) is 0 Å². The third kappa shape index (κ3) is 2.05. The first kappa shape index (κ1) is 12.4. The molecule has 3 rings (SSSR count). The van der Waals surface area contributed by atoms with Gasteiger partial charge in [-0.15, -0.1) is 0 Å². The number of carbonyl (C=O) groups excluding carboxylic acids is 2. The van der Waals surface area contributed by atoms with Gasteiger partial charge in [0, 0.05) is 0 Å². The van der Waals surface area contributed by atoms with Gasteiger partial charge in [0.15, 0.2) is 0 Å². The van der Waals surface area contributed by atoms with Gasteiger partial charge in [0.05, 0.1) is 18.4 Å². The second-order valence-corrected chi connectivity index (χ2v) is 6.28. The second-order valence-electron chi connectivity index (χ2n) is 6.28. The van der Waals surface area contributed by atoms with E-state index >= 15 is 0 Å². The quantitative estimate of drug-likeness (QED) is 0.692. The first-order valence-corrected chi connectivity index (χ1v) is 6.09. The Kier molecular flexibility index (Phi) is 2.71. The van der Waals surface area contributed by atoms with Crippen LogP contribution >= 0.6 is 0 Å². The molecule has 3 aliphatic rings. The van der Waals surface area contributed by atoms with Crippen LogP contribution in [0.15, 0.2) is 0 Å². The Morgan fingerprint density at radius 3 is 2.24 bits per heavy atom. The van der Waals surface area contributed by atoms with Crippen molar-refractivity contribution in [1.29, 1.82) is 0 Å². The lowest BCUT2D eigenvalue weighted by atomic mass is 9.69. The van der Waals surface area contributed by atoms with Gasteiger partial charge in [0.25, 0.3) is 0 Å². The number of carbonyl (C=O) groups is 2. The van der Waals surface area contributed by atoms with E-state index in [0.29, 0.717) is 12.3 Å². The van der Waals surface area contributed by atoms with E-state index in [0.717, 1.165) is 12.8 Å². The van der Waals surface area contributed by atoms with Crippen molar-refractivity contribution in [3.8, 4) is 0 Å². The SMILES string of the molecule is COC(=O)C12CC(C1)[C@@H](C(=O)OC(C)(C)C)C2. The Balaban J connectivity index is 2.00. The van der Waals surface area contributed by atoms with Gasteiger partial charge in [-0.3, -0.25) is 9.59 Å². The monoisotopic (exact) mass is 240 g/mol. The van der Waals surface area contributed by atoms with Crippen LogP contribution in [0, 0.1) is 17.3 Å². The summed E-state index contributed by atoms with van der Waals surface area (Å²) in [6.07, 6.45) is 2.16. The standard InChI is InChI=1S/C13H20O4/c1-12(2,3)17-10(14)9-7-13(11(15)16-4)5-8(9)6-13/h8-9H,5-7H2,1-4H3/t8?,9-,13?/m0/s1. The Hall–Kier alpha value is -1.06. The predicted octanol–water partition coefficient (Wildman–Crippen LogP) is 1.92. The van der Waals surface area contributed by atoms with Crippen molar-refractivity contribution in [2.24, 2.45) is 17.3 Å². The van der Waals surface area contributed by atoms with E-state index in [2.05, 4.69) is 0 Å². The Morgan fingerprint density at radius 2 is 1.76 bits per heavy atom. The minimum Gasteiger partial charge on any atom is -0.469 e. The average molecular weight is 240 g/mol. The molecule has 17 heavy (non-hydrogen) atoms.